The van der Waals surface area contributed by atoms with E-state index in [0.717, 1.165) is 0 Å². The number of rotatable bonds is 3. The highest BCUT2D eigenvalue weighted by Gasteiger charge is 2.46. The van der Waals surface area contributed by atoms with E-state index in [2.05, 4.69) is 10.6 Å². The Bertz CT molecular complexity index is 829. The quantitative estimate of drug-likeness (QED) is 0.768. The monoisotopic (exact) mass is 375 g/mol. The van der Waals surface area contributed by atoms with E-state index in [1.54, 1.807) is 55.5 Å². The molecule has 1 heterocycles. The van der Waals surface area contributed by atoms with E-state index in [9.17, 15) is 9.59 Å². The molecule has 0 saturated heterocycles. The van der Waals surface area contributed by atoms with Crippen LogP contribution in [0.25, 0.3) is 0 Å². The van der Waals surface area contributed by atoms with Gasteiger partial charge in [0.1, 0.15) is 5.54 Å². The van der Waals surface area contributed by atoms with E-state index in [1.807, 2.05) is 0 Å². The van der Waals surface area contributed by atoms with Gasteiger partial charge in [0.05, 0.1) is 5.57 Å². The molecule has 2 aromatic rings. The number of nitrogens with one attached hydrogen (secondary N) is 2. The van der Waals surface area contributed by atoms with Gasteiger partial charge in [0, 0.05) is 15.7 Å². The molecule has 0 spiro atoms. The summed E-state index contributed by atoms with van der Waals surface area (Å²) < 4.78 is 0. The molecule has 0 aliphatic carbocycles. The van der Waals surface area contributed by atoms with Gasteiger partial charge in [-0.25, -0.2) is 4.79 Å². The maximum absolute atomic E-state index is 12.3. The van der Waals surface area contributed by atoms with Gasteiger partial charge in [-0.2, -0.15) is 0 Å². The van der Waals surface area contributed by atoms with Gasteiger partial charge >= 0.3 is 6.03 Å². The number of urea groups is 1. The average Bonchev–Trinajstić information content (AvgIpc) is 2.54. The predicted octanol–water partition coefficient (Wildman–Crippen LogP) is 3.31. The standard InChI is InChI=1S/C18H15Cl2N3O2/c1-10-15(16(21)24)18(23-17(25)22-10,11-2-6-13(19)7-3-11)12-4-8-14(20)9-5-12/h2-9H,1H3,(H2,21,24)(H2,22,23,25). The molecule has 0 bridgehead atoms. The predicted molar refractivity (Wildman–Crippen MR) is 97.2 cm³/mol. The molecule has 7 heteroatoms. The third kappa shape index (κ3) is 2.97. The minimum Gasteiger partial charge on any atom is -0.366 e. The van der Waals surface area contributed by atoms with Crippen molar-refractivity contribution in [2.24, 2.45) is 5.73 Å². The van der Waals surface area contributed by atoms with Crippen LogP contribution in [0, 0.1) is 0 Å². The molecular formula is C18H15Cl2N3O2. The van der Waals surface area contributed by atoms with Crippen LogP contribution >= 0.6 is 23.2 Å². The Morgan fingerprint density at radius 2 is 1.40 bits per heavy atom. The van der Waals surface area contributed by atoms with Crippen LogP contribution in [0.15, 0.2) is 59.8 Å². The molecule has 128 valence electrons. The van der Waals surface area contributed by atoms with Crippen LogP contribution in [0.2, 0.25) is 10.0 Å². The zero-order valence-corrected chi connectivity index (χ0v) is 14.8. The van der Waals surface area contributed by atoms with Crippen molar-refractivity contribution < 1.29 is 9.59 Å². The highest BCUT2D eigenvalue weighted by Crippen LogP contribution is 2.40. The Morgan fingerprint density at radius 3 is 1.80 bits per heavy atom. The van der Waals surface area contributed by atoms with Gasteiger partial charge in [0.2, 0.25) is 5.91 Å². The average molecular weight is 376 g/mol. The lowest BCUT2D eigenvalue weighted by atomic mass is 9.74. The molecule has 2 aromatic carbocycles. The van der Waals surface area contributed by atoms with Crippen LogP contribution in [0.3, 0.4) is 0 Å². The number of carbonyl (C=O) groups excluding carboxylic acids is 2. The Kier molecular flexibility index (Phi) is 4.45. The lowest BCUT2D eigenvalue weighted by molar-refractivity contribution is -0.115. The maximum Gasteiger partial charge on any atom is 0.320 e. The normalized spacial score (nSPS) is 16.2. The number of benzene rings is 2. The second-order valence-electron chi connectivity index (χ2n) is 5.71. The van der Waals surface area contributed by atoms with Crippen molar-refractivity contribution in [2.45, 2.75) is 12.5 Å². The maximum atomic E-state index is 12.3. The van der Waals surface area contributed by atoms with Crippen molar-refractivity contribution in [1.29, 1.82) is 0 Å². The van der Waals surface area contributed by atoms with E-state index in [-0.39, 0.29) is 5.57 Å². The molecule has 0 atom stereocenters. The molecular weight excluding hydrogens is 361 g/mol. The molecule has 0 aromatic heterocycles. The SMILES string of the molecule is CC1=C(C(N)=O)C(c2ccc(Cl)cc2)(c2ccc(Cl)cc2)NC(=O)N1. The number of carbonyl (C=O) groups is 2. The minimum atomic E-state index is -1.24. The summed E-state index contributed by atoms with van der Waals surface area (Å²) in [6, 6.07) is 13.3. The van der Waals surface area contributed by atoms with Gasteiger partial charge in [-0.1, -0.05) is 47.5 Å². The molecule has 4 N–H and O–H groups in total. The smallest absolute Gasteiger partial charge is 0.320 e. The first kappa shape index (κ1) is 17.3. The highest BCUT2D eigenvalue weighted by molar-refractivity contribution is 6.30. The largest absolute Gasteiger partial charge is 0.366 e. The Balaban J connectivity index is 2.37. The molecule has 0 fully saturated rings. The Morgan fingerprint density at radius 1 is 0.960 bits per heavy atom. The Hall–Kier alpha value is -2.50. The van der Waals surface area contributed by atoms with Crippen LogP contribution in [0.5, 0.6) is 0 Å². The van der Waals surface area contributed by atoms with E-state index in [1.165, 1.54) is 0 Å². The van der Waals surface area contributed by atoms with Gasteiger partial charge in [-0.15, -0.1) is 0 Å². The molecule has 25 heavy (non-hydrogen) atoms. The number of amides is 3. The first-order chi connectivity index (χ1) is 11.8. The lowest BCUT2D eigenvalue weighted by Gasteiger charge is -2.41. The van der Waals surface area contributed by atoms with E-state index in [4.69, 9.17) is 28.9 Å². The number of primary amides is 1. The van der Waals surface area contributed by atoms with Crippen molar-refractivity contribution in [1.82, 2.24) is 10.6 Å². The molecule has 3 rings (SSSR count). The summed E-state index contributed by atoms with van der Waals surface area (Å²) in [5.74, 6) is -0.644. The number of halogens is 2. The number of hydrogen-bond donors (Lipinski definition) is 3. The van der Waals surface area contributed by atoms with Crippen LogP contribution in [0.1, 0.15) is 18.1 Å². The second kappa shape index (κ2) is 6.43. The third-order valence-electron chi connectivity index (χ3n) is 4.15. The molecule has 0 radical (unpaired) electrons. The number of nitrogens with two attached hydrogens (primary N) is 1. The topological polar surface area (TPSA) is 84.2 Å². The van der Waals surface area contributed by atoms with Crippen LogP contribution in [-0.2, 0) is 10.3 Å². The van der Waals surface area contributed by atoms with Crippen molar-refractivity contribution in [3.05, 3.63) is 81.0 Å². The molecule has 3 amide bonds. The minimum absolute atomic E-state index is 0.247. The van der Waals surface area contributed by atoms with Gasteiger partial charge in [0.15, 0.2) is 0 Å². The van der Waals surface area contributed by atoms with Gasteiger partial charge in [-0.05, 0) is 42.3 Å². The second-order valence-corrected chi connectivity index (χ2v) is 6.58. The van der Waals surface area contributed by atoms with Crippen LogP contribution < -0.4 is 16.4 Å². The summed E-state index contributed by atoms with van der Waals surface area (Å²) in [6.07, 6.45) is 0. The summed E-state index contributed by atoms with van der Waals surface area (Å²) in [4.78, 5) is 24.6. The Labute approximate surface area is 154 Å². The fraction of sp³-hybridized carbons (Fsp3) is 0.111. The summed E-state index contributed by atoms with van der Waals surface area (Å²) in [5, 5.41) is 6.55. The van der Waals surface area contributed by atoms with Gasteiger partial charge in [0.25, 0.3) is 0 Å². The molecule has 0 unspecified atom stereocenters. The lowest BCUT2D eigenvalue weighted by Crippen LogP contribution is -2.58. The van der Waals surface area contributed by atoms with Crippen molar-refractivity contribution in [3.8, 4) is 0 Å². The number of hydrogen-bond acceptors (Lipinski definition) is 2. The van der Waals surface area contributed by atoms with E-state index < -0.39 is 17.5 Å². The van der Waals surface area contributed by atoms with E-state index in [0.29, 0.717) is 26.9 Å². The first-order valence-corrected chi connectivity index (χ1v) is 8.22. The zero-order chi connectivity index (χ0) is 18.2. The third-order valence-corrected chi connectivity index (χ3v) is 4.66. The van der Waals surface area contributed by atoms with Crippen LogP contribution in [0.4, 0.5) is 4.79 Å². The van der Waals surface area contributed by atoms with E-state index >= 15 is 0 Å². The summed E-state index contributed by atoms with van der Waals surface area (Å²) in [6.45, 7) is 1.64. The summed E-state index contributed by atoms with van der Waals surface area (Å²) in [7, 11) is 0. The van der Waals surface area contributed by atoms with Gasteiger partial charge < -0.3 is 16.4 Å². The fourth-order valence-corrected chi connectivity index (χ4v) is 3.40. The zero-order valence-electron chi connectivity index (χ0n) is 13.3. The fourth-order valence-electron chi connectivity index (χ4n) is 3.15. The van der Waals surface area contributed by atoms with Crippen molar-refractivity contribution in [3.63, 3.8) is 0 Å². The van der Waals surface area contributed by atoms with Crippen molar-refractivity contribution in [2.75, 3.05) is 0 Å². The van der Waals surface area contributed by atoms with Crippen molar-refractivity contribution >= 4 is 35.1 Å². The summed E-state index contributed by atoms with van der Waals surface area (Å²) in [5.41, 5.74) is 6.38. The first-order valence-electron chi connectivity index (χ1n) is 7.47. The number of allylic oxidation sites excluding steroid dienone is 1. The van der Waals surface area contributed by atoms with Gasteiger partial charge in [-0.3, -0.25) is 4.79 Å². The molecule has 1 aliphatic rings. The molecule has 5 nitrogen and oxygen atoms in total. The summed E-state index contributed by atoms with van der Waals surface area (Å²) >= 11 is 12.0. The molecule has 1 aliphatic heterocycles. The molecule has 0 saturated carbocycles. The highest BCUT2D eigenvalue weighted by atomic mass is 35.5. The van der Waals surface area contributed by atoms with Crippen LogP contribution in [-0.4, -0.2) is 11.9 Å².